The molecule has 0 saturated heterocycles. The lowest BCUT2D eigenvalue weighted by Gasteiger charge is -2.20. The normalized spacial score (nSPS) is 13.4. The van der Waals surface area contributed by atoms with E-state index in [1.54, 1.807) is 24.4 Å². The summed E-state index contributed by atoms with van der Waals surface area (Å²) in [7, 11) is 0. The van der Waals surface area contributed by atoms with Crippen molar-refractivity contribution in [2.45, 2.75) is 33.7 Å². The highest BCUT2D eigenvalue weighted by Gasteiger charge is 2.25. The smallest absolute Gasteiger partial charge is 0.262 e. The van der Waals surface area contributed by atoms with Gasteiger partial charge in [0.05, 0.1) is 12.8 Å². The number of benzene rings is 2. The van der Waals surface area contributed by atoms with Gasteiger partial charge in [-0.3, -0.25) is 9.59 Å². The minimum absolute atomic E-state index is 0.128. The summed E-state index contributed by atoms with van der Waals surface area (Å²) in [6, 6.07) is 11.6. The van der Waals surface area contributed by atoms with Crippen LogP contribution in [-0.4, -0.2) is 37.5 Å². The standard InChI is InChI=1S/C24H29N3O5/c1-15(2)13-30-19-8-5-17(6-9-19)12-25-27-24(29)22(16(3)4)26-23(28)18-7-10-20-21(11-18)32-14-31-20/h5-12,15-16,22H,13-14H2,1-4H3,(H,26,28)(H,27,29). The van der Waals surface area contributed by atoms with Gasteiger partial charge in [-0.25, -0.2) is 5.43 Å². The molecule has 0 aliphatic carbocycles. The van der Waals surface area contributed by atoms with Crippen LogP contribution in [0.2, 0.25) is 0 Å². The molecule has 1 aliphatic heterocycles. The molecule has 0 aromatic heterocycles. The van der Waals surface area contributed by atoms with Crippen LogP contribution in [0.1, 0.15) is 43.6 Å². The average Bonchev–Trinajstić information content (AvgIpc) is 3.24. The molecular formula is C24H29N3O5. The number of carbonyl (C=O) groups is 2. The number of ether oxygens (including phenoxy) is 3. The zero-order valence-electron chi connectivity index (χ0n) is 18.8. The summed E-state index contributed by atoms with van der Waals surface area (Å²) in [6.07, 6.45) is 1.54. The van der Waals surface area contributed by atoms with E-state index in [4.69, 9.17) is 14.2 Å². The van der Waals surface area contributed by atoms with E-state index in [0.717, 1.165) is 11.3 Å². The molecule has 0 fully saturated rings. The number of hydrogen-bond donors (Lipinski definition) is 2. The van der Waals surface area contributed by atoms with Crippen LogP contribution in [-0.2, 0) is 4.79 Å². The molecule has 3 rings (SSSR count). The first-order chi connectivity index (χ1) is 15.3. The van der Waals surface area contributed by atoms with E-state index in [2.05, 4.69) is 29.7 Å². The van der Waals surface area contributed by atoms with Crippen LogP contribution in [0.4, 0.5) is 0 Å². The first-order valence-corrected chi connectivity index (χ1v) is 10.6. The second kappa shape index (κ2) is 10.7. The first-order valence-electron chi connectivity index (χ1n) is 10.6. The van der Waals surface area contributed by atoms with Crippen LogP contribution < -0.4 is 25.0 Å². The highest BCUT2D eigenvalue weighted by Crippen LogP contribution is 2.32. The van der Waals surface area contributed by atoms with E-state index < -0.39 is 11.9 Å². The molecule has 1 unspecified atom stereocenters. The molecule has 1 atom stereocenters. The Labute approximate surface area is 187 Å². The number of hydrogen-bond acceptors (Lipinski definition) is 6. The van der Waals surface area contributed by atoms with Crippen molar-refractivity contribution < 1.29 is 23.8 Å². The number of rotatable bonds is 9. The van der Waals surface area contributed by atoms with Crippen molar-refractivity contribution in [3.63, 3.8) is 0 Å². The lowest BCUT2D eigenvalue weighted by atomic mass is 10.0. The summed E-state index contributed by atoms with van der Waals surface area (Å²) in [5.41, 5.74) is 3.70. The molecule has 32 heavy (non-hydrogen) atoms. The van der Waals surface area contributed by atoms with Gasteiger partial charge in [0.1, 0.15) is 11.8 Å². The Morgan fingerprint density at radius 3 is 2.47 bits per heavy atom. The third kappa shape index (κ3) is 6.23. The Morgan fingerprint density at radius 1 is 1.06 bits per heavy atom. The summed E-state index contributed by atoms with van der Waals surface area (Å²) in [4.78, 5) is 25.3. The number of nitrogens with zero attached hydrogens (tertiary/aromatic N) is 1. The Bertz CT molecular complexity index is 970. The van der Waals surface area contributed by atoms with Gasteiger partial charge in [-0.15, -0.1) is 0 Å². The maximum Gasteiger partial charge on any atom is 0.262 e. The van der Waals surface area contributed by atoms with Gasteiger partial charge in [0.15, 0.2) is 11.5 Å². The first kappa shape index (κ1) is 23.1. The van der Waals surface area contributed by atoms with Crippen molar-refractivity contribution in [1.82, 2.24) is 10.7 Å². The molecule has 0 saturated carbocycles. The molecule has 8 nitrogen and oxygen atoms in total. The van der Waals surface area contributed by atoms with E-state index in [0.29, 0.717) is 29.6 Å². The molecular weight excluding hydrogens is 410 g/mol. The van der Waals surface area contributed by atoms with Gasteiger partial charge >= 0.3 is 0 Å². The van der Waals surface area contributed by atoms with Gasteiger partial charge in [0.25, 0.3) is 11.8 Å². The van der Waals surface area contributed by atoms with Crippen molar-refractivity contribution in [3.8, 4) is 17.2 Å². The minimum Gasteiger partial charge on any atom is -0.493 e. The van der Waals surface area contributed by atoms with Crippen LogP contribution in [0.3, 0.4) is 0 Å². The molecule has 1 heterocycles. The molecule has 2 N–H and O–H groups in total. The zero-order valence-corrected chi connectivity index (χ0v) is 18.8. The fraction of sp³-hybridized carbons (Fsp3) is 0.375. The van der Waals surface area contributed by atoms with Crippen LogP contribution >= 0.6 is 0 Å². The molecule has 2 aromatic carbocycles. The predicted octanol–water partition coefficient (Wildman–Crippen LogP) is 3.35. The number of carbonyl (C=O) groups excluding carboxylic acids is 2. The van der Waals surface area contributed by atoms with Crippen molar-refractivity contribution in [1.29, 1.82) is 0 Å². The second-order valence-corrected chi connectivity index (χ2v) is 8.27. The molecule has 0 bridgehead atoms. The van der Waals surface area contributed by atoms with Crippen molar-refractivity contribution in [2.75, 3.05) is 13.4 Å². The summed E-state index contributed by atoms with van der Waals surface area (Å²) < 4.78 is 16.2. The SMILES string of the molecule is CC(C)COc1ccc(C=NNC(=O)C(NC(=O)c2ccc3c(c2)OCO3)C(C)C)cc1. The fourth-order valence-electron chi connectivity index (χ4n) is 2.95. The lowest BCUT2D eigenvalue weighted by molar-refractivity contribution is -0.123. The Balaban J connectivity index is 1.56. The molecule has 0 radical (unpaired) electrons. The van der Waals surface area contributed by atoms with E-state index in [-0.39, 0.29) is 18.6 Å². The fourth-order valence-corrected chi connectivity index (χ4v) is 2.95. The van der Waals surface area contributed by atoms with Gasteiger partial charge in [-0.1, -0.05) is 27.7 Å². The van der Waals surface area contributed by atoms with Gasteiger partial charge in [0.2, 0.25) is 6.79 Å². The summed E-state index contributed by atoms with van der Waals surface area (Å²) >= 11 is 0. The van der Waals surface area contributed by atoms with Crippen LogP contribution in [0, 0.1) is 11.8 Å². The summed E-state index contributed by atoms with van der Waals surface area (Å²) in [5.74, 6) is 1.42. The van der Waals surface area contributed by atoms with Gasteiger partial charge in [0, 0.05) is 5.56 Å². The van der Waals surface area contributed by atoms with Crippen molar-refractivity contribution >= 4 is 18.0 Å². The molecule has 1 aliphatic rings. The number of hydrazone groups is 1. The minimum atomic E-state index is -0.753. The highest BCUT2D eigenvalue weighted by molar-refractivity contribution is 5.98. The predicted molar refractivity (Wildman–Crippen MR) is 121 cm³/mol. The quantitative estimate of drug-likeness (QED) is 0.461. The average molecular weight is 440 g/mol. The van der Waals surface area contributed by atoms with Crippen LogP contribution in [0.15, 0.2) is 47.6 Å². The monoisotopic (exact) mass is 439 g/mol. The summed E-state index contributed by atoms with van der Waals surface area (Å²) in [6.45, 7) is 8.66. The van der Waals surface area contributed by atoms with Gasteiger partial charge < -0.3 is 19.5 Å². The number of fused-ring (bicyclic) bond motifs is 1. The highest BCUT2D eigenvalue weighted by atomic mass is 16.7. The second-order valence-electron chi connectivity index (χ2n) is 8.27. The van der Waals surface area contributed by atoms with E-state index in [9.17, 15) is 9.59 Å². The van der Waals surface area contributed by atoms with E-state index in [1.165, 1.54) is 0 Å². The van der Waals surface area contributed by atoms with E-state index >= 15 is 0 Å². The number of amides is 2. The van der Waals surface area contributed by atoms with Crippen LogP contribution in [0.5, 0.6) is 17.2 Å². The topological polar surface area (TPSA) is 98.2 Å². The third-order valence-corrected chi connectivity index (χ3v) is 4.72. The van der Waals surface area contributed by atoms with Gasteiger partial charge in [-0.2, -0.15) is 5.10 Å². The Kier molecular flexibility index (Phi) is 7.70. The Morgan fingerprint density at radius 2 is 1.78 bits per heavy atom. The maximum atomic E-state index is 12.6. The Hall–Kier alpha value is -3.55. The summed E-state index contributed by atoms with van der Waals surface area (Å²) in [5, 5.41) is 6.79. The molecule has 2 aromatic rings. The molecule has 170 valence electrons. The maximum absolute atomic E-state index is 12.6. The molecule has 0 spiro atoms. The largest absolute Gasteiger partial charge is 0.493 e. The van der Waals surface area contributed by atoms with Crippen molar-refractivity contribution in [2.24, 2.45) is 16.9 Å². The number of nitrogens with one attached hydrogen (secondary N) is 2. The van der Waals surface area contributed by atoms with Crippen molar-refractivity contribution in [3.05, 3.63) is 53.6 Å². The lowest BCUT2D eigenvalue weighted by Crippen LogP contribution is -2.48. The zero-order chi connectivity index (χ0) is 23.1. The molecule has 2 amide bonds. The van der Waals surface area contributed by atoms with Crippen LogP contribution in [0.25, 0.3) is 0 Å². The molecule has 8 heteroatoms. The van der Waals surface area contributed by atoms with E-state index in [1.807, 2.05) is 38.1 Å². The van der Waals surface area contributed by atoms with Gasteiger partial charge in [-0.05, 0) is 59.9 Å². The third-order valence-electron chi connectivity index (χ3n) is 4.72.